The van der Waals surface area contributed by atoms with Crippen LogP contribution in [0.4, 0.5) is 0 Å². The number of thioether (sulfide) groups is 5. The number of benzene rings is 4. The molecule has 86 heavy (non-hydrogen) atoms. The van der Waals surface area contributed by atoms with E-state index in [9.17, 15) is 19.2 Å². The number of nitrogens with one attached hydrogen (secondary N) is 3. The van der Waals surface area contributed by atoms with Crippen LogP contribution >= 0.6 is 115 Å². The van der Waals surface area contributed by atoms with Gasteiger partial charge in [0.15, 0.2) is 17.3 Å². The summed E-state index contributed by atoms with van der Waals surface area (Å²) in [6.07, 6.45) is 14.3. The van der Waals surface area contributed by atoms with Crippen molar-refractivity contribution in [3.8, 4) is 0 Å². The third-order valence-electron chi connectivity index (χ3n) is 12.1. The summed E-state index contributed by atoms with van der Waals surface area (Å²) in [5, 5.41) is 24.8. The summed E-state index contributed by atoms with van der Waals surface area (Å²) in [6, 6.07) is 33.7. The van der Waals surface area contributed by atoms with Gasteiger partial charge in [0.1, 0.15) is 6.10 Å². The van der Waals surface area contributed by atoms with Gasteiger partial charge in [-0.2, -0.15) is 7.11 Å². The van der Waals surface area contributed by atoms with E-state index in [-0.39, 0.29) is 75.7 Å². The molecule has 11 nitrogen and oxygen atoms in total. The number of epoxide rings is 1. The largest absolute Gasteiger partial charge is 1.00 e. The van der Waals surface area contributed by atoms with Crippen LogP contribution in [0.5, 0.6) is 0 Å². The van der Waals surface area contributed by atoms with E-state index in [4.69, 9.17) is 26.6 Å². The number of hydrogen-bond acceptors (Lipinski definition) is 16. The quantitative estimate of drug-likeness (QED) is 0.0159. The summed E-state index contributed by atoms with van der Waals surface area (Å²) in [7, 11) is 1.75. The van der Waals surface area contributed by atoms with Crippen molar-refractivity contribution >= 4 is 137 Å². The fourth-order valence-electron chi connectivity index (χ4n) is 6.94. The van der Waals surface area contributed by atoms with Gasteiger partial charge >= 0.3 is 29.6 Å². The monoisotopic (exact) mass is 1500 g/mol. The smallest absolute Gasteiger partial charge is 0.857 e. The summed E-state index contributed by atoms with van der Waals surface area (Å²) in [4.78, 5) is 54.2. The van der Waals surface area contributed by atoms with E-state index in [1.807, 2.05) is 170 Å². The van der Waals surface area contributed by atoms with E-state index < -0.39 is 9.86 Å². The minimum atomic E-state index is -0.478. The fraction of sp³-hybridized carbons (Fsp3) is 0.477. The number of nitrogens with zero attached hydrogens (tertiary/aromatic N) is 1. The Bertz CT molecular complexity index is 2470. The molecule has 4 N–H and O–H groups in total. The number of halogens is 4. The number of hydrogen-bond donors (Lipinski definition) is 4. The number of alkyl halides is 1. The second kappa shape index (κ2) is 53.5. The van der Waals surface area contributed by atoms with E-state index >= 15 is 0 Å². The van der Waals surface area contributed by atoms with Gasteiger partial charge in [0.2, 0.25) is 5.24 Å². The summed E-state index contributed by atoms with van der Waals surface area (Å²) >= 11 is 22.3. The second-order valence-electron chi connectivity index (χ2n) is 20.3. The molecule has 7 rings (SSSR count). The molecule has 3 saturated heterocycles. The number of carbonyl (C=O) groups is 4. The first-order valence-corrected chi connectivity index (χ1v) is 38.4. The van der Waals surface area contributed by atoms with Crippen LogP contribution < -0.4 is 50.6 Å². The molecule has 0 amide bonds. The molecule has 0 spiro atoms. The number of ketones is 3. The van der Waals surface area contributed by atoms with Crippen molar-refractivity contribution in [2.45, 2.75) is 110 Å². The van der Waals surface area contributed by atoms with Crippen LogP contribution in [0.3, 0.4) is 0 Å². The third-order valence-corrected chi connectivity index (χ3v) is 16.5. The summed E-state index contributed by atoms with van der Waals surface area (Å²) < 4.78 is 4.97. The number of piperazine rings is 2. The normalized spacial score (nSPS) is 14.4. The van der Waals surface area contributed by atoms with Crippen LogP contribution in [0.1, 0.15) is 100 Å². The van der Waals surface area contributed by atoms with Gasteiger partial charge in [-0.15, -0.1) is 58.8 Å². The van der Waals surface area contributed by atoms with E-state index in [2.05, 4.69) is 110 Å². The number of aliphatic hydroxyl groups excluding tert-OH is 1. The van der Waals surface area contributed by atoms with Gasteiger partial charge in [0, 0.05) is 136 Å². The first kappa shape index (κ1) is 91.4. The molecule has 3 fully saturated rings. The first-order valence-electron chi connectivity index (χ1n) is 27.4. The van der Waals surface area contributed by atoms with Crippen molar-refractivity contribution in [2.24, 2.45) is 11.8 Å². The number of ether oxygens (including phenoxy) is 1. The maximum Gasteiger partial charge on any atom is 1.00 e. The van der Waals surface area contributed by atoms with Gasteiger partial charge in [-0.3, -0.25) is 24.1 Å². The van der Waals surface area contributed by atoms with Crippen LogP contribution in [0, 0.1) is 11.8 Å². The molecule has 4 aromatic rings. The molecule has 4 aromatic carbocycles. The molecule has 1 unspecified atom stereocenters. The Morgan fingerprint density at radius 2 is 0.953 bits per heavy atom. The van der Waals surface area contributed by atoms with Crippen molar-refractivity contribution in [2.75, 3.05) is 97.9 Å². The van der Waals surface area contributed by atoms with Crippen LogP contribution in [0.25, 0.3) is 0 Å². The van der Waals surface area contributed by atoms with E-state index in [1.54, 1.807) is 72.7 Å². The topological polar surface area (TPSA) is 163 Å². The maximum atomic E-state index is 12.7. The SMILES string of the molecule is BrBr.C1CNCCN1.C=C(/C=C\C(=C)C1OC1(C)C)SC.CC(C)C(=O)Cl.CO.CSc1ccc(C(=O)C(C)(C)Br)cc1.CSc1ccc(C(=O)C(C)(C)N2CCNCC2)cc1.CSc1ccc(C(=O)C(C)C)cc1.CSc1ccccc1.C[O-].[Na+]. The number of rotatable bonds is 16. The zero-order chi connectivity index (χ0) is 65.8. The van der Waals surface area contributed by atoms with Crippen molar-refractivity contribution < 1.29 is 63.7 Å². The Labute approximate surface area is 591 Å². The second-order valence-corrected chi connectivity index (χ2v) is 27.1. The Kier molecular flexibility index (Phi) is 56.8. The predicted octanol–water partition coefficient (Wildman–Crippen LogP) is 12.7. The summed E-state index contributed by atoms with van der Waals surface area (Å²) in [5.74, 6) is 0.603. The van der Waals surface area contributed by atoms with E-state index in [0.29, 0.717) is 0 Å². The summed E-state index contributed by atoms with van der Waals surface area (Å²) in [6.45, 7) is 35.4. The Morgan fingerprint density at radius 3 is 1.23 bits per heavy atom. The predicted molar refractivity (Wildman–Crippen MR) is 385 cm³/mol. The van der Waals surface area contributed by atoms with Crippen LogP contribution in [-0.4, -0.2) is 152 Å². The molecule has 1 atom stereocenters. The molecule has 3 heterocycles. The maximum absolute atomic E-state index is 12.7. The van der Waals surface area contributed by atoms with Gasteiger partial charge in [-0.25, -0.2) is 0 Å². The average molecular weight is 1510 g/mol. The Hall–Kier alpha value is -1.02. The zero-order valence-electron chi connectivity index (χ0n) is 54.2. The van der Waals surface area contributed by atoms with E-state index in [1.165, 1.54) is 19.6 Å². The molecule has 0 saturated carbocycles. The Morgan fingerprint density at radius 1 is 0.628 bits per heavy atom. The molecule has 3 aliphatic rings. The molecule has 0 aromatic heterocycles. The van der Waals surface area contributed by atoms with Crippen LogP contribution in [-0.2, 0) is 9.53 Å². The van der Waals surface area contributed by atoms with Gasteiger partial charge in [-0.1, -0.05) is 117 Å². The van der Waals surface area contributed by atoms with E-state index in [0.717, 1.165) is 93.7 Å². The number of aliphatic hydroxyl groups is 1. The van der Waals surface area contributed by atoms with Crippen molar-refractivity contribution in [3.63, 3.8) is 0 Å². The molecule has 478 valence electrons. The third kappa shape index (κ3) is 40.8. The minimum absolute atomic E-state index is 0. The molecule has 0 bridgehead atoms. The average Bonchev–Trinajstić information content (AvgIpc) is 2.62. The van der Waals surface area contributed by atoms with Crippen molar-refractivity contribution in [1.82, 2.24) is 20.9 Å². The zero-order valence-corrected chi connectivity index (χ0v) is 65.8. The molecule has 3 aliphatic heterocycles. The number of carbonyl (C=O) groups excluding carboxylic acids is 4. The van der Waals surface area contributed by atoms with Crippen molar-refractivity contribution in [1.29, 1.82) is 0 Å². The van der Waals surface area contributed by atoms with Gasteiger partial charge in [0.05, 0.1) is 15.5 Å². The molecular formula is C65H97Br3ClN4NaO7S5. The molecule has 21 heteroatoms. The molecular weight excluding hydrogens is 1410 g/mol. The van der Waals surface area contributed by atoms with Crippen LogP contribution in [0.2, 0.25) is 0 Å². The summed E-state index contributed by atoms with van der Waals surface area (Å²) in [5.41, 5.74) is 2.96. The number of allylic oxidation sites excluding steroid dienone is 1. The Balaban J connectivity index is -0.000000461. The standard InChI is InChI=1S/C15H22N2OS.C11H13BrOS.C11H16OS.C11H14OS.C7H8S.C4H7ClO.C4H10N2.CH4O.CH3O.Br2.Na/c1-15(2,17-10-8-16-9-11-17)14(18)12-4-6-13(19-3)7-5-12;1-11(2,12)10(13)8-4-6-9(14-3)7-5-8;1-8(6-7-9(2)13-5)10-11(3,4)12-10;1-8(2)11(12)9-4-6-10(13-3)7-5-9;1-8-7-5-3-2-4-6-7;1-3(2)4(5)6;1-2-6-4-3-5-1;3*1-2;/h4-7,16H,8-11H2,1-3H3;4-7H,1-3H3;6-7,10H,1-2H2,3-5H3;4-8H,1-3H3;2-6H,1H3;3H,1-2H3;5-6H,1-4H2;2H,1H3;1H3;;/q;;;;;;;;-1;;+1/b;;7-6-;;;;;;;;. The molecule has 0 aliphatic carbocycles. The minimum Gasteiger partial charge on any atom is -0.857 e. The van der Waals surface area contributed by atoms with Crippen LogP contribution in [0.15, 0.2) is 158 Å². The van der Waals surface area contributed by atoms with Crippen molar-refractivity contribution in [3.05, 3.63) is 156 Å². The first-order chi connectivity index (χ1) is 40.2. The molecule has 0 radical (unpaired) electrons. The van der Waals surface area contributed by atoms with Gasteiger partial charge in [-0.05, 0) is 150 Å². The van der Waals surface area contributed by atoms with Gasteiger partial charge in [0.25, 0.3) is 0 Å². The number of Topliss-reactive ketones (excluding diaryl/α,β-unsaturated/α-hetero) is 3. The fourth-order valence-corrected chi connectivity index (χ4v) is 9.03. The van der Waals surface area contributed by atoms with Gasteiger partial charge < -0.3 is 30.9 Å².